The Bertz CT molecular complexity index is 604. The topological polar surface area (TPSA) is 73.9 Å². The molecule has 8 heteroatoms. The van der Waals surface area contributed by atoms with E-state index >= 15 is 0 Å². The number of rotatable bonds is 8. The van der Waals surface area contributed by atoms with Crippen LogP contribution in [0.2, 0.25) is 0 Å². The van der Waals surface area contributed by atoms with Gasteiger partial charge in [-0.15, -0.1) is 0 Å². The molecule has 1 atom stereocenters. The van der Waals surface area contributed by atoms with Crippen LogP contribution in [-0.2, 0) is 9.53 Å². The lowest BCUT2D eigenvalue weighted by Gasteiger charge is -2.15. The molecule has 1 N–H and O–H groups in total. The van der Waals surface area contributed by atoms with E-state index < -0.39 is 18.7 Å². The van der Waals surface area contributed by atoms with Crippen molar-refractivity contribution in [3.05, 3.63) is 23.8 Å². The fraction of sp³-hybridized carbons (Fsp3) is 0.500. The Morgan fingerprint density at radius 3 is 2.58 bits per heavy atom. The number of alkyl halides is 2. The van der Waals surface area contributed by atoms with Gasteiger partial charge in [0.2, 0.25) is 0 Å². The summed E-state index contributed by atoms with van der Waals surface area (Å²) >= 11 is 0. The van der Waals surface area contributed by atoms with Gasteiger partial charge in [0.25, 0.3) is 5.91 Å². The normalized spacial score (nSPS) is 14.9. The van der Waals surface area contributed by atoms with E-state index in [1.807, 2.05) is 0 Å². The summed E-state index contributed by atoms with van der Waals surface area (Å²) in [6.07, 6.45) is 0.900. The molecule has 0 spiro atoms. The van der Waals surface area contributed by atoms with Crippen molar-refractivity contribution >= 4 is 11.9 Å². The molecule has 2 rings (SSSR count). The third-order valence-corrected chi connectivity index (χ3v) is 3.27. The van der Waals surface area contributed by atoms with E-state index in [1.54, 1.807) is 6.92 Å². The first kappa shape index (κ1) is 18.0. The molecule has 1 fully saturated rings. The van der Waals surface area contributed by atoms with Crippen LogP contribution >= 0.6 is 0 Å². The molecule has 0 radical (unpaired) electrons. The van der Waals surface area contributed by atoms with Crippen LogP contribution in [0.15, 0.2) is 18.2 Å². The molecule has 6 nitrogen and oxygen atoms in total. The van der Waals surface area contributed by atoms with Gasteiger partial charge in [-0.3, -0.25) is 4.79 Å². The van der Waals surface area contributed by atoms with Crippen molar-refractivity contribution in [3.8, 4) is 11.5 Å². The maximum atomic E-state index is 12.4. The molecule has 132 valence electrons. The third kappa shape index (κ3) is 5.07. The zero-order chi connectivity index (χ0) is 17.7. The zero-order valence-electron chi connectivity index (χ0n) is 13.4. The number of carbonyl (C=O) groups is 2. The number of halogens is 2. The monoisotopic (exact) mass is 343 g/mol. The van der Waals surface area contributed by atoms with Gasteiger partial charge in [-0.25, -0.2) is 4.79 Å². The van der Waals surface area contributed by atoms with Crippen molar-refractivity contribution in [1.82, 2.24) is 5.32 Å². The van der Waals surface area contributed by atoms with Crippen LogP contribution in [0, 0.1) is 0 Å². The predicted octanol–water partition coefficient (Wildman–Crippen LogP) is 2.51. The summed E-state index contributed by atoms with van der Waals surface area (Å²) in [6.45, 7) is 0.334. The number of esters is 1. The first-order valence-electron chi connectivity index (χ1n) is 7.63. The summed E-state index contributed by atoms with van der Waals surface area (Å²) < 4.78 is 39.3. The smallest absolute Gasteiger partial charge is 0.387 e. The van der Waals surface area contributed by atoms with Crippen molar-refractivity contribution < 1.29 is 32.6 Å². The molecule has 0 heterocycles. The average molecular weight is 343 g/mol. The second kappa shape index (κ2) is 7.94. The van der Waals surface area contributed by atoms with E-state index in [0.29, 0.717) is 0 Å². The lowest BCUT2D eigenvalue weighted by molar-refractivity contribution is -0.129. The van der Waals surface area contributed by atoms with E-state index in [4.69, 9.17) is 9.47 Å². The number of carbonyl (C=O) groups excluding carboxylic acids is 2. The van der Waals surface area contributed by atoms with Gasteiger partial charge >= 0.3 is 12.6 Å². The highest BCUT2D eigenvalue weighted by molar-refractivity contribution is 5.93. The minimum absolute atomic E-state index is 0.00216. The summed E-state index contributed by atoms with van der Waals surface area (Å²) in [4.78, 5) is 23.9. The SMILES string of the molecule is CCOc1cc(C(=O)O[C@H](C)C(=O)NC2CC2)ccc1OC(F)F. The summed E-state index contributed by atoms with van der Waals surface area (Å²) in [6, 6.07) is 3.88. The van der Waals surface area contributed by atoms with Gasteiger partial charge in [-0.2, -0.15) is 8.78 Å². The lowest BCUT2D eigenvalue weighted by Crippen LogP contribution is -2.37. The van der Waals surface area contributed by atoms with Gasteiger partial charge in [0.05, 0.1) is 12.2 Å². The standard InChI is InChI=1S/C16H19F2NO5/c1-3-22-13-8-10(4-7-12(13)24-16(17)18)15(21)23-9(2)14(20)19-11-5-6-11/h4,7-9,11,16H,3,5-6H2,1-2H3,(H,19,20)/t9-/m1/s1. The van der Waals surface area contributed by atoms with E-state index in [2.05, 4.69) is 10.1 Å². The van der Waals surface area contributed by atoms with Crippen LogP contribution in [0.4, 0.5) is 8.78 Å². The maximum absolute atomic E-state index is 12.4. The molecule has 1 aromatic rings. The van der Waals surface area contributed by atoms with Crippen LogP contribution in [0.5, 0.6) is 11.5 Å². The van der Waals surface area contributed by atoms with Crippen molar-refractivity contribution in [2.24, 2.45) is 0 Å². The second-order valence-corrected chi connectivity index (χ2v) is 5.30. The van der Waals surface area contributed by atoms with E-state index in [9.17, 15) is 18.4 Å². The van der Waals surface area contributed by atoms with Crippen molar-refractivity contribution in [1.29, 1.82) is 0 Å². The Kier molecular flexibility index (Phi) is 5.94. The lowest BCUT2D eigenvalue weighted by atomic mass is 10.2. The number of hydrogen-bond donors (Lipinski definition) is 1. The predicted molar refractivity (Wildman–Crippen MR) is 80.3 cm³/mol. The van der Waals surface area contributed by atoms with Crippen LogP contribution in [0.3, 0.4) is 0 Å². The summed E-state index contributed by atoms with van der Waals surface area (Å²) in [7, 11) is 0. The first-order valence-corrected chi connectivity index (χ1v) is 7.63. The van der Waals surface area contributed by atoms with Crippen molar-refractivity contribution in [3.63, 3.8) is 0 Å². The number of benzene rings is 1. The maximum Gasteiger partial charge on any atom is 0.387 e. The molecule has 0 saturated heterocycles. The van der Waals surface area contributed by atoms with E-state index in [-0.39, 0.29) is 35.6 Å². The van der Waals surface area contributed by atoms with E-state index in [1.165, 1.54) is 25.1 Å². The average Bonchev–Trinajstić information content (AvgIpc) is 3.32. The first-order chi connectivity index (χ1) is 11.4. The Morgan fingerprint density at radius 2 is 2.00 bits per heavy atom. The third-order valence-electron chi connectivity index (χ3n) is 3.27. The number of hydrogen-bond acceptors (Lipinski definition) is 5. The van der Waals surface area contributed by atoms with Gasteiger partial charge in [0, 0.05) is 6.04 Å². The van der Waals surface area contributed by atoms with Gasteiger partial charge in [-0.05, 0) is 44.9 Å². The number of ether oxygens (including phenoxy) is 3. The Labute approximate surface area is 138 Å². The highest BCUT2D eigenvalue weighted by Crippen LogP contribution is 2.30. The van der Waals surface area contributed by atoms with Gasteiger partial charge in [0.15, 0.2) is 17.6 Å². The minimum atomic E-state index is -3.01. The Morgan fingerprint density at radius 1 is 1.29 bits per heavy atom. The fourth-order valence-electron chi connectivity index (χ4n) is 1.93. The van der Waals surface area contributed by atoms with Crippen LogP contribution in [-0.4, -0.2) is 37.2 Å². The molecule has 24 heavy (non-hydrogen) atoms. The second-order valence-electron chi connectivity index (χ2n) is 5.30. The molecule has 0 aromatic heterocycles. The van der Waals surface area contributed by atoms with Crippen LogP contribution < -0.4 is 14.8 Å². The zero-order valence-corrected chi connectivity index (χ0v) is 13.4. The van der Waals surface area contributed by atoms with Gasteiger partial charge in [-0.1, -0.05) is 0 Å². The number of nitrogens with one attached hydrogen (secondary N) is 1. The summed E-state index contributed by atoms with van der Waals surface area (Å²) in [5, 5.41) is 2.73. The largest absolute Gasteiger partial charge is 0.490 e. The molecule has 0 bridgehead atoms. The molecular formula is C16H19F2NO5. The number of amides is 1. The van der Waals surface area contributed by atoms with Crippen molar-refractivity contribution in [2.45, 2.75) is 45.4 Å². The quantitative estimate of drug-likeness (QED) is 0.734. The van der Waals surface area contributed by atoms with Crippen molar-refractivity contribution in [2.75, 3.05) is 6.61 Å². The molecule has 1 aliphatic carbocycles. The van der Waals surface area contributed by atoms with Gasteiger partial charge < -0.3 is 19.5 Å². The Balaban J connectivity index is 2.04. The van der Waals surface area contributed by atoms with Gasteiger partial charge in [0.1, 0.15) is 0 Å². The minimum Gasteiger partial charge on any atom is -0.490 e. The highest BCUT2D eigenvalue weighted by Gasteiger charge is 2.27. The molecule has 1 aliphatic rings. The van der Waals surface area contributed by atoms with E-state index in [0.717, 1.165) is 12.8 Å². The fourth-order valence-corrected chi connectivity index (χ4v) is 1.93. The van der Waals surface area contributed by atoms with Crippen LogP contribution in [0.25, 0.3) is 0 Å². The molecule has 1 aromatic carbocycles. The molecule has 1 saturated carbocycles. The Hall–Kier alpha value is -2.38. The highest BCUT2D eigenvalue weighted by atomic mass is 19.3. The summed E-state index contributed by atoms with van der Waals surface area (Å²) in [5.41, 5.74) is 0.0751. The molecule has 0 unspecified atom stereocenters. The molecular weight excluding hydrogens is 324 g/mol. The summed E-state index contributed by atoms with van der Waals surface area (Å²) in [5.74, 6) is -1.29. The van der Waals surface area contributed by atoms with Crippen LogP contribution in [0.1, 0.15) is 37.0 Å². The molecule has 1 amide bonds. The molecule has 0 aliphatic heterocycles.